The largest absolute Gasteiger partial charge is 0.493 e. The molecule has 0 unspecified atom stereocenters. The van der Waals surface area contributed by atoms with Gasteiger partial charge in [0.2, 0.25) is 0 Å². The van der Waals surface area contributed by atoms with Gasteiger partial charge in [-0.3, -0.25) is 9.88 Å². The fourth-order valence-electron chi connectivity index (χ4n) is 4.96. The van der Waals surface area contributed by atoms with Crippen LogP contribution in [-0.4, -0.2) is 61.4 Å². The Labute approximate surface area is 209 Å². The van der Waals surface area contributed by atoms with Crippen molar-refractivity contribution in [3.05, 3.63) is 54.1 Å². The molecule has 0 spiro atoms. The second-order valence-corrected chi connectivity index (χ2v) is 9.90. The molecule has 36 heavy (non-hydrogen) atoms. The molecule has 0 atom stereocenters. The smallest absolute Gasteiger partial charge is 0.175 e. The van der Waals surface area contributed by atoms with Crippen molar-refractivity contribution in [3.8, 4) is 23.0 Å². The number of ether oxygens (including phenoxy) is 4. The highest BCUT2D eigenvalue weighted by atomic mass is 19.1. The summed E-state index contributed by atoms with van der Waals surface area (Å²) in [4.78, 5) is 10.1. The number of pyridine rings is 1. The summed E-state index contributed by atoms with van der Waals surface area (Å²) in [6.07, 6.45) is 3.98. The SMILES string of the molecule is COc1cc2c(Oc3ccc4[nH]c(C)cc4c3F)ccnc2cc1OCC1(CN2CCOCC2)CC1. The number of benzene rings is 2. The summed E-state index contributed by atoms with van der Waals surface area (Å²) >= 11 is 0. The van der Waals surface area contributed by atoms with E-state index in [0.717, 1.165) is 62.3 Å². The van der Waals surface area contributed by atoms with Gasteiger partial charge in [0.05, 0.1) is 32.4 Å². The quantitative estimate of drug-likeness (QED) is 0.353. The number of hydrogen-bond acceptors (Lipinski definition) is 6. The Bertz CT molecular complexity index is 1410. The third kappa shape index (κ3) is 4.47. The summed E-state index contributed by atoms with van der Waals surface area (Å²) in [7, 11) is 1.62. The topological polar surface area (TPSA) is 68.8 Å². The molecule has 188 valence electrons. The van der Waals surface area contributed by atoms with E-state index in [4.69, 9.17) is 18.9 Å². The van der Waals surface area contributed by atoms with Crippen LogP contribution in [0.15, 0.2) is 42.6 Å². The van der Waals surface area contributed by atoms with Crippen molar-refractivity contribution in [2.24, 2.45) is 5.41 Å². The van der Waals surface area contributed by atoms with Crippen LogP contribution in [0.1, 0.15) is 18.5 Å². The Morgan fingerprint density at radius 3 is 2.64 bits per heavy atom. The molecule has 2 aromatic heterocycles. The Morgan fingerprint density at radius 1 is 1.03 bits per heavy atom. The zero-order chi connectivity index (χ0) is 24.7. The molecule has 1 aliphatic carbocycles. The summed E-state index contributed by atoms with van der Waals surface area (Å²) < 4.78 is 38.6. The van der Waals surface area contributed by atoms with Crippen molar-refractivity contribution in [1.29, 1.82) is 0 Å². The third-order valence-corrected chi connectivity index (χ3v) is 7.20. The predicted molar refractivity (Wildman–Crippen MR) is 136 cm³/mol. The maximum absolute atomic E-state index is 15.1. The molecule has 1 saturated carbocycles. The summed E-state index contributed by atoms with van der Waals surface area (Å²) in [6.45, 7) is 7.11. The molecule has 1 saturated heterocycles. The van der Waals surface area contributed by atoms with Crippen LogP contribution >= 0.6 is 0 Å². The number of methoxy groups -OCH3 is 1. The standard InChI is InChI=1S/C28H30FN3O4/c1-18-13-20-21(31-18)3-4-24(27(20)29)36-23-5-8-30-22-15-26(25(33-2)14-19(22)23)35-17-28(6-7-28)16-32-9-11-34-12-10-32/h3-5,8,13-15,31H,6-7,9-12,16-17H2,1-2H3. The first kappa shape index (κ1) is 23.1. The Hall–Kier alpha value is -3.36. The number of nitrogens with zero attached hydrogens (tertiary/aromatic N) is 2. The number of aromatic amines is 1. The van der Waals surface area contributed by atoms with Crippen LogP contribution in [-0.2, 0) is 4.74 Å². The highest BCUT2D eigenvalue weighted by molar-refractivity contribution is 5.89. The number of halogens is 1. The van der Waals surface area contributed by atoms with Crippen molar-refractivity contribution in [1.82, 2.24) is 14.9 Å². The van der Waals surface area contributed by atoms with Crippen molar-refractivity contribution in [2.75, 3.05) is 46.6 Å². The second kappa shape index (κ2) is 9.26. The van der Waals surface area contributed by atoms with Gasteiger partial charge in [0.1, 0.15) is 5.75 Å². The molecule has 8 heteroatoms. The number of fused-ring (bicyclic) bond motifs is 2. The second-order valence-electron chi connectivity index (χ2n) is 9.90. The number of rotatable bonds is 8. The first-order valence-electron chi connectivity index (χ1n) is 12.4. The molecular formula is C28H30FN3O4. The van der Waals surface area contributed by atoms with E-state index in [1.54, 1.807) is 31.5 Å². The molecule has 2 fully saturated rings. The first-order chi connectivity index (χ1) is 17.5. The minimum atomic E-state index is -0.399. The van der Waals surface area contributed by atoms with Gasteiger partial charge in [-0.2, -0.15) is 0 Å². The number of nitrogens with one attached hydrogen (secondary N) is 1. The molecule has 0 radical (unpaired) electrons. The van der Waals surface area contributed by atoms with Crippen molar-refractivity contribution >= 4 is 21.8 Å². The highest BCUT2D eigenvalue weighted by Crippen LogP contribution is 2.47. The van der Waals surface area contributed by atoms with E-state index >= 15 is 4.39 Å². The lowest BCUT2D eigenvalue weighted by molar-refractivity contribution is 0.0235. The van der Waals surface area contributed by atoms with Crippen molar-refractivity contribution < 1.29 is 23.3 Å². The van der Waals surface area contributed by atoms with Crippen LogP contribution in [0.5, 0.6) is 23.0 Å². The predicted octanol–water partition coefficient (Wildman–Crippen LogP) is 5.46. The molecule has 3 heterocycles. The molecule has 4 aromatic rings. The Kier molecular flexibility index (Phi) is 5.93. The molecule has 6 rings (SSSR count). The van der Waals surface area contributed by atoms with Gasteiger partial charge in [0.15, 0.2) is 23.1 Å². The summed E-state index contributed by atoms with van der Waals surface area (Å²) in [5, 5.41) is 1.23. The molecule has 1 N–H and O–H groups in total. The van der Waals surface area contributed by atoms with Crippen molar-refractivity contribution in [2.45, 2.75) is 19.8 Å². The summed E-state index contributed by atoms with van der Waals surface area (Å²) in [6, 6.07) is 10.7. The van der Waals surface area contributed by atoms with E-state index in [9.17, 15) is 0 Å². The van der Waals surface area contributed by atoms with Gasteiger partial charge >= 0.3 is 0 Å². The average molecular weight is 492 g/mol. The van der Waals surface area contributed by atoms with E-state index in [2.05, 4.69) is 14.9 Å². The van der Waals surface area contributed by atoms with E-state index in [1.165, 1.54) is 0 Å². The lowest BCUT2D eigenvalue weighted by Crippen LogP contribution is -2.41. The highest BCUT2D eigenvalue weighted by Gasteiger charge is 2.45. The average Bonchev–Trinajstić information content (AvgIpc) is 3.54. The zero-order valence-corrected chi connectivity index (χ0v) is 20.6. The van der Waals surface area contributed by atoms with E-state index in [-0.39, 0.29) is 11.2 Å². The lowest BCUT2D eigenvalue weighted by atomic mass is 10.1. The van der Waals surface area contributed by atoms with Gasteiger partial charge in [-0.1, -0.05) is 0 Å². The van der Waals surface area contributed by atoms with Gasteiger partial charge in [-0.15, -0.1) is 0 Å². The van der Waals surface area contributed by atoms with E-state index < -0.39 is 5.82 Å². The van der Waals surface area contributed by atoms with E-state index in [1.807, 2.05) is 25.1 Å². The van der Waals surface area contributed by atoms with Gasteiger partial charge in [0, 0.05) is 59.3 Å². The normalized spacial score (nSPS) is 17.4. The molecule has 2 aromatic carbocycles. The molecule has 1 aliphatic heterocycles. The van der Waals surface area contributed by atoms with Gasteiger partial charge in [0.25, 0.3) is 0 Å². The van der Waals surface area contributed by atoms with Crippen molar-refractivity contribution in [3.63, 3.8) is 0 Å². The van der Waals surface area contributed by atoms with Crippen LogP contribution in [0.25, 0.3) is 21.8 Å². The lowest BCUT2D eigenvalue weighted by Gasteiger charge is -2.30. The number of aromatic nitrogens is 2. The fourth-order valence-corrected chi connectivity index (χ4v) is 4.96. The summed E-state index contributed by atoms with van der Waals surface area (Å²) in [5.41, 5.74) is 2.51. The Balaban J connectivity index is 1.24. The number of H-pyrrole nitrogens is 1. The molecular weight excluding hydrogens is 461 g/mol. The maximum atomic E-state index is 15.1. The minimum absolute atomic E-state index is 0.159. The van der Waals surface area contributed by atoms with Crippen LogP contribution in [0.2, 0.25) is 0 Å². The van der Waals surface area contributed by atoms with Gasteiger partial charge in [-0.25, -0.2) is 4.39 Å². The van der Waals surface area contributed by atoms with Gasteiger partial charge in [-0.05, 0) is 50.1 Å². The third-order valence-electron chi connectivity index (χ3n) is 7.20. The van der Waals surface area contributed by atoms with Crippen LogP contribution < -0.4 is 14.2 Å². The Morgan fingerprint density at radius 2 is 1.86 bits per heavy atom. The maximum Gasteiger partial charge on any atom is 0.175 e. The fraction of sp³-hybridized carbons (Fsp3) is 0.393. The molecule has 0 bridgehead atoms. The van der Waals surface area contributed by atoms with Crippen LogP contribution in [0, 0.1) is 18.2 Å². The van der Waals surface area contributed by atoms with E-state index in [0.29, 0.717) is 34.8 Å². The summed E-state index contributed by atoms with van der Waals surface area (Å²) in [5.74, 6) is 1.51. The van der Waals surface area contributed by atoms with Crippen LogP contribution in [0.4, 0.5) is 4.39 Å². The molecule has 7 nitrogen and oxygen atoms in total. The van der Waals surface area contributed by atoms with Crippen LogP contribution in [0.3, 0.4) is 0 Å². The minimum Gasteiger partial charge on any atom is -0.493 e. The first-order valence-corrected chi connectivity index (χ1v) is 12.4. The zero-order valence-electron chi connectivity index (χ0n) is 20.6. The number of morpholine rings is 1. The molecule has 0 amide bonds. The number of hydrogen-bond donors (Lipinski definition) is 1. The monoisotopic (exact) mass is 491 g/mol. The molecule has 2 aliphatic rings. The van der Waals surface area contributed by atoms with Gasteiger partial charge < -0.3 is 23.9 Å². The number of aryl methyl sites for hydroxylation is 1.